The fourth-order valence-electron chi connectivity index (χ4n) is 3.69. The van der Waals surface area contributed by atoms with Gasteiger partial charge in [-0.15, -0.1) is 0 Å². The number of alkyl carbamates (subject to hydrolysis) is 1. The second-order valence-corrected chi connectivity index (χ2v) is 6.77. The molecule has 1 amide bonds. The molecule has 1 aliphatic carbocycles. The lowest BCUT2D eigenvalue weighted by Crippen LogP contribution is -2.41. The fourth-order valence-corrected chi connectivity index (χ4v) is 3.69. The molecule has 0 saturated carbocycles. The van der Waals surface area contributed by atoms with Gasteiger partial charge in [0, 0.05) is 5.92 Å². The predicted molar refractivity (Wildman–Crippen MR) is 102 cm³/mol. The highest BCUT2D eigenvalue weighted by atomic mass is 19.1. The van der Waals surface area contributed by atoms with Crippen molar-refractivity contribution in [2.24, 2.45) is 0 Å². The third kappa shape index (κ3) is 3.69. The van der Waals surface area contributed by atoms with Crippen LogP contribution in [0.2, 0.25) is 0 Å². The topological polar surface area (TPSA) is 78.5 Å². The Balaban J connectivity index is 1.48. The molecule has 6 heteroatoms. The van der Waals surface area contributed by atoms with E-state index in [0.717, 1.165) is 34.4 Å². The summed E-state index contributed by atoms with van der Waals surface area (Å²) >= 11 is 0. The third-order valence-electron chi connectivity index (χ3n) is 5.04. The minimum atomic E-state index is -1.51. The van der Waals surface area contributed by atoms with Crippen LogP contribution in [0.5, 0.6) is 0 Å². The first kappa shape index (κ1) is 18.7. The van der Waals surface area contributed by atoms with Crippen molar-refractivity contribution >= 4 is 12.1 Å². The first-order valence-corrected chi connectivity index (χ1v) is 9.12. The van der Waals surface area contributed by atoms with E-state index in [1.165, 1.54) is 12.1 Å². The zero-order valence-corrected chi connectivity index (χ0v) is 15.3. The van der Waals surface area contributed by atoms with E-state index in [-0.39, 0.29) is 18.1 Å². The molecule has 0 radical (unpaired) electrons. The molecule has 146 valence electrons. The molecule has 0 bridgehead atoms. The van der Waals surface area contributed by atoms with Gasteiger partial charge in [-0.3, -0.25) is 0 Å². The number of carboxylic acid groups (broad SMARTS) is 1. The molecule has 4 rings (SSSR count). The number of amides is 1. The summed E-state index contributed by atoms with van der Waals surface area (Å²) in [5.41, 5.74) is 4.49. The molecule has 0 fully saturated rings. The van der Waals surface area contributed by atoms with Gasteiger partial charge in [0.25, 0.3) is 0 Å². The summed E-state index contributed by atoms with van der Waals surface area (Å²) in [4.78, 5) is 23.7. The Kier molecular flexibility index (Phi) is 4.99. The summed E-state index contributed by atoms with van der Waals surface area (Å²) in [7, 11) is 0. The van der Waals surface area contributed by atoms with Gasteiger partial charge in [0.15, 0.2) is 0 Å². The Morgan fingerprint density at radius 3 is 2.03 bits per heavy atom. The van der Waals surface area contributed by atoms with E-state index in [4.69, 9.17) is 4.74 Å². The molecule has 3 aromatic rings. The Morgan fingerprint density at radius 2 is 1.48 bits per heavy atom. The first-order valence-electron chi connectivity index (χ1n) is 9.12. The maximum atomic E-state index is 13.1. The van der Waals surface area contributed by atoms with Gasteiger partial charge in [0.1, 0.15) is 12.4 Å². The maximum absolute atomic E-state index is 13.1. The number of nitrogens with one attached hydrogen (secondary N) is 1. The number of ether oxygens (including phenoxy) is 1. The molecule has 5 nitrogen and oxygen atoms in total. The number of hydrogen-bond acceptors (Lipinski definition) is 4. The van der Waals surface area contributed by atoms with Crippen LogP contribution in [-0.4, -0.2) is 18.7 Å². The molecule has 1 N–H and O–H groups in total. The number of hydrogen-bond donors (Lipinski definition) is 1. The lowest BCUT2D eigenvalue weighted by Gasteiger charge is -2.21. The zero-order chi connectivity index (χ0) is 20.4. The van der Waals surface area contributed by atoms with Crippen LogP contribution >= 0.6 is 0 Å². The third-order valence-corrected chi connectivity index (χ3v) is 5.04. The summed E-state index contributed by atoms with van der Waals surface area (Å²) in [5.74, 6) is -2.16. The minimum absolute atomic E-state index is 0.0586. The van der Waals surface area contributed by atoms with E-state index in [1.807, 2.05) is 48.5 Å². The van der Waals surface area contributed by atoms with Gasteiger partial charge in [-0.2, -0.15) is 0 Å². The lowest BCUT2D eigenvalue weighted by atomic mass is 9.98. The number of aliphatic carboxylic acids is 1. The highest BCUT2D eigenvalue weighted by Gasteiger charge is 2.29. The van der Waals surface area contributed by atoms with E-state index >= 15 is 0 Å². The van der Waals surface area contributed by atoms with E-state index < -0.39 is 23.9 Å². The van der Waals surface area contributed by atoms with Gasteiger partial charge in [-0.25, -0.2) is 9.18 Å². The van der Waals surface area contributed by atoms with Crippen molar-refractivity contribution in [2.75, 3.05) is 6.61 Å². The SMILES string of the molecule is O=C(N[C@H](C(=O)[O-])c1ccc(F)cc1)OCC1c2ccccc2-c2ccccc21. The van der Waals surface area contributed by atoms with Crippen LogP contribution in [0, 0.1) is 5.82 Å². The van der Waals surface area contributed by atoms with Gasteiger partial charge in [-0.05, 0) is 39.9 Å². The molecule has 0 unspecified atom stereocenters. The van der Waals surface area contributed by atoms with Crippen LogP contribution in [0.25, 0.3) is 11.1 Å². The number of carboxylic acids is 1. The van der Waals surface area contributed by atoms with E-state index in [0.29, 0.717) is 0 Å². The molecule has 29 heavy (non-hydrogen) atoms. The van der Waals surface area contributed by atoms with Gasteiger partial charge in [0.05, 0.1) is 12.0 Å². The number of rotatable bonds is 5. The van der Waals surface area contributed by atoms with Crippen molar-refractivity contribution in [3.63, 3.8) is 0 Å². The lowest BCUT2D eigenvalue weighted by molar-refractivity contribution is -0.308. The van der Waals surface area contributed by atoms with Crippen molar-refractivity contribution in [3.05, 3.63) is 95.3 Å². The van der Waals surface area contributed by atoms with Gasteiger partial charge in [0.2, 0.25) is 0 Å². The summed E-state index contributed by atoms with van der Waals surface area (Å²) in [6, 6.07) is 19.1. The molecule has 1 atom stereocenters. The minimum Gasteiger partial charge on any atom is -0.548 e. The summed E-state index contributed by atoms with van der Waals surface area (Å²) in [6.07, 6.45) is -0.884. The molecule has 3 aromatic carbocycles. The average molecular weight is 390 g/mol. The van der Waals surface area contributed by atoms with E-state index in [2.05, 4.69) is 5.32 Å². The smallest absolute Gasteiger partial charge is 0.407 e. The summed E-state index contributed by atoms with van der Waals surface area (Å²) in [6.45, 7) is 0.0586. The van der Waals surface area contributed by atoms with E-state index in [1.54, 1.807) is 0 Å². The maximum Gasteiger partial charge on any atom is 0.407 e. The molecule has 0 saturated heterocycles. The van der Waals surface area contributed by atoms with Crippen LogP contribution < -0.4 is 10.4 Å². The van der Waals surface area contributed by atoms with Gasteiger partial charge >= 0.3 is 6.09 Å². The molecular formula is C23H17FNO4-. The van der Waals surface area contributed by atoms with Crippen LogP contribution in [0.4, 0.5) is 9.18 Å². The van der Waals surface area contributed by atoms with Crippen LogP contribution in [0.1, 0.15) is 28.7 Å². The predicted octanol–water partition coefficient (Wildman–Crippen LogP) is 3.16. The Hall–Kier alpha value is -3.67. The highest BCUT2D eigenvalue weighted by Crippen LogP contribution is 2.44. The van der Waals surface area contributed by atoms with Crippen molar-refractivity contribution < 1.29 is 23.8 Å². The monoisotopic (exact) mass is 390 g/mol. The fraction of sp³-hybridized carbons (Fsp3) is 0.130. The molecule has 0 aromatic heterocycles. The van der Waals surface area contributed by atoms with Crippen molar-refractivity contribution in [3.8, 4) is 11.1 Å². The van der Waals surface area contributed by atoms with Crippen LogP contribution in [0.3, 0.4) is 0 Å². The molecule has 0 aliphatic heterocycles. The number of benzene rings is 3. The van der Waals surface area contributed by atoms with Crippen LogP contribution in [0.15, 0.2) is 72.8 Å². The number of carbonyl (C=O) groups excluding carboxylic acids is 2. The van der Waals surface area contributed by atoms with Crippen molar-refractivity contribution in [1.29, 1.82) is 0 Å². The Bertz CT molecular complexity index is 1020. The summed E-state index contributed by atoms with van der Waals surface area (Å²) in [5, 5.41) is 13.7. The standard InChI is InChI=1S/C23H18FNO4/c24-15-11-9-14(10-12-15)21(22(26)27)25-23(28)29-13-20-18-7-3-1-5-16(18)17-6-2-4-8-19(17)20/h1-12,20-21H,13H2,(H,25,28)(H,26,27)/p-1/t21-/m0/s1. The highest BCUT2D eigenvalue weighted by molar-refractivity contribution is 5.81. The molecule has 0 heterocycles. The second-order valence-electron chi connectivity index (χ2n) is 6.77. The second kappa shape index (κ2) is 7.75. The Labute approximate surface area is 166 Å². The normalized spacial score (nSPS) is 13.3. The zero-order valence-electron chi connectivity index (χ0n) is 15.3. The molecule has 0 spiro atoms. The van der Waals surface area contributed by atoms with Crippen LogP contribution in [-0.2, 0) is 9.53 Å². The van der Waals surface area contributed by atoms with Gasteiger partial charge < -0.3 is 20.0 Å². The van der Waals surface area contributed by atoms with Gasteiger partial charge in [-0.1, -0.05) is 60.7 Å². The number of halogens is 1. The van der Waals surface area contributed by atoms with E-state index in [9.17, 15) is 19.1 Å². The van der Waals surface area contributed by atoms with Crippen molar-refractivity contribution in [1.82, 2.24) is 5.32 Å². The first-order chi connectivity index (χ1) is 14.0. The number of fused-ring (bicyclic) bond motifs is 3. The summed E-state index contributed by atoms with van der Waals surface area (Å²) < 4.78 is 18.4. The Morgan fingerprint density at radius 1 is 0.931 bits per heavy atom. The number of carbonyl (C=O) groups is 2. The van der Waals surface area contributed by atoms with Crippen molar-refractivity contribution in [2.45, 2.75) is 12.0 Å². The largest absolute Gasteiger partial charge is 0.548 e. The quantitative estimate of drug-likeness (QED) is 0.726. The molecular weight excluding hydrogens is 373 g/mol. The molecule has 1 aliphatic rings. The average Bonchev–Trinajstić information content (AvgIpc) is 3.05.